The van der Waals surface area contributed by atoms with E-state index in [0.29, 0.717) is 36.5 Å². The molecule has 0 amide bonds. The molecule has 0 spiro atoms. The van der Waals surface area contributed by atoms with Crippen LogP contribution < -0.4 is 4.90 Å². The summed E-state index contributed by atoms with van der Waals surface area (Å²) in [5, 5.41) is 11.7. The summed E-state index contributed by atoms with van der Waals surface area (Å²) in [7, 11) is -3.43. The zero-order valence-corrected chi connectivity index (χ0v) is 13.7. The van der Waals surface area contributed by atoms with E-state index in [-0.39, 0.29) is 0 Å². The topological polar surface area (TPSA) is 96.8 Å². The molecule has 1 fully saturated rings. The molecule has 10 heteroatoms. The van der Waals surface area contributed by atoms with Gasteiger partial charge < -0.3 is 4.90 Å². The number of anilines is 1. The molecular weight excluding hydrogens is 335 g/mol. The van der Waals surface area contributed by atoms with E-state index in [1.54, 1.807) is 6.20 Å². The van der Waals surface area contributed by atoms with Gasteiger partial charge in [0.2, 0.25) is 0 Å². The summed E-state index contributed by atoms with van der Waals surface area (Å²) < 4.78 is 37.4. The van der Waals surface area contributed by atoms with Gasteiger partial charge in [0.25, 0.3) is 10.0 Å². The van der Waals surface area contributed by atoms with Gasteiger partial charge in [0, 0.05) is 23.9 Å². The third-order valence-corrected chi connectivity index (χ3v) is 4.94. The molecule has 1 N–H and O–H groups in total. The van der Waals surface area contributed by atoms with Crippen LogP contribution in [-0.4, -0.2) is 58.3 Å². The number of H-pyrrole nitrogens is 1. The Morgan fingerprint density at radius 1 is 1.33 bits per heavy atom. The van der Waals surface area contributed by atoms with Gasteiger partial charge in [-0.15, -0.1) is 0 Å². The minimum absolute atomic E-state index is 0.316. The monoisotopic (exact) mass is 350 g/mol. The highest BCUT2D eigenvalue weighted by Gasteiger charge is 2.25. The number of hydrogen-bond donors (Lipinski definition) is 1. The molecule has 0 aliphatic carbocycles. The Bertz CT molecular complexity index is 1010. The molecule has 1 atom stereocenters. The fourth-order valence-corrected chi connectivity index (χ4v) is 3.36. The zero-order valence-electron chi connectivity index (χ0n) is 12.8. The molecule has 0 bridgehead atoms. The third kappa shape index (κ3) is 2.52. The van der Waals surface area contributed by atoms with Crippen molar-refractivity contribution < 1.29 is 12.8 Å². The molecule has 24 heavy (non-hydrogen) atoms. The number of pyridine rings is 1. The number of halogens is 1. The SMILES string of the molecule is CS(=O)(=O)n1cc(-c2cnc3[nH]nc(N4CC[C@H](F)C4)c3c2)cn1. The molecule has 4 heterocycles. The van der Waals surface area contributed by atoms with E-state index in [9.17, 15) is 12.8 Å². The van der Waals surface area contributed by atoms with Crippen molar-refractivity contribution in [1.29, 1.82) is 0 Å². The first-order valence-corrected chi connectivity index (χ1v) is 9.25. The minimum Gasteiger partial charge on any atom is -0.352 e. The van der Waals surface area contributed by atoms with E-state index in [1.165, 1.54) is 12.4 Å². The molecule has 0 unspecified atom stereocenters. The second-order valence-electron chi connectivity index (χ2n) is 5.86. The van der Waals surface area contributed by atoms with Crippen LogP contribution in [-0.2, 0) is 10.0 Å². The van der Waals surface area contributed by atoms with Gasteiger partial charge >= 0.3 is 0 Å². The largest absolute Gasteiger partial charge is 0.352 e. The Morgan fingerprint density at radius 2 is 2.17 bits per heavy atom. The van der Waals surface area contributed by atoms with Crippen molar-refractivity contribution in [3.05, 3.63) is 24.7 Å². The Kier molecular flexibility index (Phi) is 3.30. The third-order valence-electron chi connectivity index (χ3n) is 4.06. The highest BCUT2D eigenvalue weighted by molar-refractivity contribution is 7.89. The highest BCUT2D eigenvalue weighted by Crippen LogP contribution is 2.30. The lowest BCUT2D eigenvalue weighted by Crippen LogP contribution is -2.20. The van der Waals surface area contributed by atoms with Gasteiger partial charge in [-0.05, 0) is 12.5 Å². The summed E-state index contributed by atoms with van der Waals surface area (Å²) in [6.07, 6.45) is 5.25. The molecule has 3 aromatic heterocycles. The van der Waals surface area contributed by atoms with Crippen LogP contribution in [0, 0.1) is 0 Å². The van der Waals surface area contributed by atoms with Crippen LogP contribution in [0.3, 0.4) is 0 Å². The van der Waals surface area contributed by atoms with Crippen molar-refractivity contribution in [2.24, 2.45) is 0 Å². The summed E-state index contributed by atoms with van der Waals surface area (Å²) in [5.74, 6) is 0.662. The predicted molar refractivity (Wildman–Crippen MR) is 87.1 cm³/mol. The summed E-state index contributed by atoms with van der Waals surface area (Å²) in [5.41, 5.74) is 1.95. The number of alkyl halides is 1. The van der Waals surface area contributed by atoms with E-state index >= 15 is 0 Å². The molecule has 1 aliphatic heterocycles. The minimum atomic E-state index is -3.43. The number of nitrogens with zero attached hydrogens (tertiary/aromatic N) is 5. The van der Waals surface area contributed by atoms with Gasteiger partial charge in [-0.25, -0.2) is 17.8 Å². The standard InChI is InChI=1S/C14H15FN6O2S/c1-24(22,23)21-7-10(6-17-21)9-4-12-13(16-5-9)18-19-14(12)20-3-2-11(15)8-20/h4-7,11H,2-3,8H2,1H3,(H,16,18,19)/t11-/m0/s1. The van der Waals surface area contributed by atoms with Crippen LogP contribution in [0.5, 0.6) is 0 Å². The summed E-state index contributed by atoms with van der Waals surface area (Å²) in [4.78, 5) is 6.20. The quantitative estimate of drug-likeness (QED) is 0.762. The van der Waals surface area contributed by atoms with Gasteiger partial charge in [0.1, 0.15) is 6.17 Å². The number of aromatic amines is 1. The molecule has 1 saturated heterocycles. The van der Waals surface area contributed by atoms with Gasteiger partial charge in [0.05, 0.1) is 30.6 Å². The predicted octanol–water partition coefficient (Wildman–Crippen LogP) is 1.18. The van der Waals surface area contributed by atoms with Crippen LogP contribution in [0.15, 0.2) is 24.7 Å². The number of hydrogen-bond acceptors (Lipinski definition) is 6. The van der Waals surface area contributed by atoms with Crippen molar-refractivity contribution in [3.8, 4) is 11.1 Å². The molecule has 4 rings (SSSR count). The van der Waals surface area contributed by atoms with Crippen molar-refractivity contribution in [1.82, 2.24) is 24.4 Å². The Morgan fingerprint density at radius 3 is 2.83 bits per heavy atom. The van der Waals surface area contributed by atoms with E-state index in [0.717, 1.165) is 21.3 Å². The van der Waals surface area contributed by atoms with E-state index < -0.39 is 16.2 Å². The zero-order chi connectivity index (χ0) is 16.9. The fourth-order valence-electron chi connectivity index (χ4n) is 2.83. The lowest BCUT2D eigenvalue weighted by molar-refractivity contribution is 0.364. The van der Waals surface area contributed by atoms with Gasteiger partial charge in [-0.1, -0.05) is 0 Å². The smallest absolute Gasteiger partial charge is 0.250 e. The van der Waals surface area contributed by atoms with E-state index in [2.05, 4.69) is 20.3 Å². The van der Waals surface area contributed by atoms with Crippen LogP contribution >= 0.6 is 0 Å². The maximum atomic E-state index is 13.5. The number of fused-ring (bicyclic) bond motifs is 1. The second kappa shape index (κ2) is 5.26. The number of aromatic nitrogens is 5. The molecule has 0 radical (unpaired) electrons. The molecule has 1 aliphatic rings. The second-order valence-corrected chi connectivity index (χ2v) is 7.70. The van der Waals surface area contributed by atoms with Crippen LogP contribution in [0.4, 0.5) is 10.2 Å². The van der Waals surface area contributed by atoms with Crippen molar-refractivity contribution in [2.75, 3.05) is 24.2 Å². The first-order valence-electron chi connectivity index (χ1n) is 7.40. The lowest BCUT2D eigenvalue weighted by atomic mass is 10.1. The number of nitrogens with one attached hydrogen (secondary N) is 1. The van der Waals surface area contributed by atoms with Crippen molar-refractivity contribution in [3.63, 3.8) is 0 Å². The van der Waals surface area contributed by atoms with E-state index in [4.69, 9.17) is 0 Å². The van der Waals surface area contributed by atoms with Gasteiger partial charge in [-0.2, -0.15) is 14.3 Å². The average Bonchev–Trinajstić information content (AvgIpc) is 3.24. The number of rotatable bonds is 3. The van der Waals surface area contributed by atoms with Gasteiger partial charge in [0.15, 0.2) is 11.5 Å². The maximum Gasteiger partial charge on any atom is 0.250 e. The molecule has 8 nitrogen and oxygen atoms in total. The van der Waals surface area contributed by atoms with Crippen molar-refractivity contribution in [2.45, 2.75) is 12.6 Å². The molecule has 126 valence electrons. The molecule has 0 aromatic carbocycles. The molecule has 3 aromatic rings. The Labute approximate surface area is 137 Å². The normalized spacial score (nSPS) is 18.6. The highest BCUT2D eigenvalue weighted by atomic mass is 32.2. The summed E-state index contributed by atoms with van der Waals surface area (Å²) in [6, 6.07) is 1.86. The maximum absolute atomic E-state index is 13.5. The first-order chi connectivity index (χ1) is 11.4. The van der Waals surface area contributed by atoms with E-state index in [1.807, 2.05) is 11.0 Å². The van der Waals surface area contributed by atoms with Gasteiger partial charge in [-0.3, -0.25) is 5.10 Å². The first kappa shape index (κ1) is 15.1. The lowest BCUT2D eigenvalue weighted by Gasteiger charge is -2.14. The van der Waals surface area contributed by atoms with Crippen molar-refractivity contribution >= 4 is 26.9 Å². The Hall–Kier alpha value is -2.49. The van der Waals surface area contributed by atoms with Crippen LogP contribution in [0.1, 0.15) is 6.42 Å². The van der Waals surface area contributed by atoms with Crippen LogP contribution in [0.25, 0.3) is 22.2 Å². The fraction of sp³-hybridized carbons (Fsp3) is 0.357. The Balaban J connectivity index is 1.76. The van der Waals surface area contributed by atoms with Crippen LogP contribution in [0.2, 0.25) is 0 Å². The molecule has 0 saturated carbocycles. The summed E-state index contributed by atoms with van der Waals surface area (Å²) in [6.45, 7) is 0.924. The summed E-state index contributed by atoms with van der Waals surface area (Å²) >= 11 is 0. The molecular formula is C14H15FN6O2S. The average molecular weight is 350 g/mol.